The molecule has 0 heterocycles. The number of carboxylic acid groups (broad SMARTS) is 1. The molecule has 0 spiro atoms. The molecule has 3 N–H and O–H groups in total. The lowest BCUT2D eigenvalue weighted by Crippen LogP contribution is -2.62. The van der Waals surface area contributed by atoms with Gasteiger partial charge in [0.05, 0.1) is 11.6 Å². The second-order valence-corrected chi connectivity index (χ2v) is 9.55. The summed E-state index contributed by atoms with van der Waals surface area (Å²) in [7, 11) is 1.72. The minimum atomic E-state index is -0.991. The maximum Gasteiger partial charge on any atom is 0.331 e. The molecule has 7 heteroatoms. The highest BCUT2D eigenvalue weighted by atomic mass is 16.4. The number of hydrogen-bond donors (Lipinski definition) is 3. The van der Waals surface area contributed by atoms with Crippen molar-refractivity contribution in [3.8, 4) is 0 Å². The first-order chi connectivity index (χ1) is 15.0. The number of carbonyl (C=O) groups excluding carboxylic acids is 2. The smallest absolute Gasteiger partial charge is 0.331 e. The van der Waals surface area contributed by atoms with E-state index in [1.807, 2.05) is 27.7 Å². The number of carboxylic acids is 1. The first-order valence-electron chi connectivity index (χ1n) is 12.3. The van der Waals surface area contributed by atoms with E-state index >= 15 is 0 Å². The Balaban J connectivity index is 3.22. The van der Waals surface area contributed by atoms with Crippen LogP contribution in [0, 0.1) is 11.8 Å². The molecule has 1 aliphatic carbocycles. The molecule has 0 aromatic rings. The minimum Gasteiger partial charge on any atom is -0.478 e. The van der Waals surface area contributed by atoms with Crippen LogP contribution >= 0.6 is 0 Å². The number of rotatable bonds is 13. The van der Waals surface area contributed by atoms with Crippen molar-refractivity contribution in [3.63, 3.8) is 0 Å². The third-order valence-electron chi connectivity index (χ3n) is 7.02. The van der Waals surface area contributed by atoms with E-state index in [1.165, 1.54) is 0 Å². The number of nitrogens with one attached hydrogen (secondary N) is 2. The van der Waals surface area contributed by atoms with Crippen molar-refractivity contribution in [2.75, 3.05) is 13.6 Å². The van der Waals surface area contributed by atoms with E-state index in [0.29, 0.717) is 12.8 Å². The number of carbonyl (C=O) groups is 3. The molecular weight excluding hydrogens is 406 g/mol. The van der Waals surface area contributed by atoms with Crippen molar-refractivity contribution in [1.82, 2.24) is 15.5 Å². The van der Waals surface area contributed by atoms with Crippen LogP contribution in [0.3, 0.4) is 0 Å². The van der Waals surface area contributed by atoms with Gasteiger partial charge in [0, 0.05) is 12.6 Å². The van der Waals surface area contributed by atoms with Crippen LogP contribution in [0.15, 0.2) is 11.6 Å². The number of nitrogens with zero attached hydrogens (tertiary/aromatic N) is 1. The number of hydrogen-bond acceptors (Lipinski definition) is 4. The Morgan fingerprint density at radius 1 is 1.12 bits per heavy atom. The SMILES string of the molecule is CCCNC(CC)(CC)C(=O)NC(C(=O)N(C)C(/C=C(\C)C(=O)O)C(C)C)C1CCCC1. The van der Waals surface area contributed by atoms with Gasteiger partial charge in [0.1, 0.15) is 6.04 Å². The Kier molecular flexibility index (Phi) is 11.4. The monoisotopic (exact) mass is 451 g/mol. The van der Waals surface area contributed by atoms with Gasteiger partial charge >= 0.3 is 5.97 Å². The fourth-order valence-corrected chi connectivity index (χ4v) is 4.66. The van der Waals surface area contributed by atoms with Crippen LogP contribution in [0.5, 0.6) is 0 Å². The van der Waals surface area contributed by atoms with E-state index in [2.05, 4.69) is 17.6 Å². The van der Waals surface area contributed by atoms with Crippen molar-refractivity contribution in [3.05, 3.63) is 11.6 Å². The summed E-state index contributed by atoms with van der Waals surface area (Å²) in [6.07, 6.45) is 7.79. The lowest BCUT2D eigenvalue weighted by Gasteiger charge is -2.37. The van der Waals surface area contributed by atoms with Gasteiger partial charge in [-0.2, -0.15) is 0 Å². The van der Waals surface area contributed by atoms with Gasteiger partial charge in [-0.05, 0) is 57.4 Å². The Hall–Kier alpha value is -1.89. The van der Waals surface area contributed by atoms with Gasteiger partial charge in [-0.25, -0.2) is 4.79 Å². The summed E-state index contributed by atoms with van der Waals surface area (Å²) in [6.45, 7) is 12.3. The Labute approximate surface area is 194 Å². The average Bonchev–Trinajstić information content (AvgIpc) is 3.30. The number of likely N-dealkylation sites (N-methyl/N-ethyl adjacent to an activating group) is 1. The third-order valence-corrected chi connectivity index (χ3v) is 7.02. The zero-order chi connectivity index (χ0) is 24.5. The Bertz CT molecular complexity index is 664. The molecule has 1 aliphatic rings. The Morgan fingerprint density at radius 3 is 2.12 bits per heavy atom. The summed E-state index contributed by atoms with van der Waals surface area (Å²) in [5.41, 5.74) is -0.479. The normalized spacial score (nSPS) is 17.3. The van der Waals surface area contributed by atoms with Crippen molar-refractivity contribution in [2.24, 2.45) is 11.8 Å². The van der Waals surface area contributed by atoms with Gasteiger partial charge in [-0.3, -0.25) is 9.59 Å². The molecule has 32 heavy (non-hydrogen) atoms. The number of amides is 2. The molecule has 2 atom stereocenters. The largest absolute Gasteiger partial charge is 0.478 e. The second-order valence-electron chi connectivity index (χ2n) is 9.55. The molecule has 2 amide bonds. The molecule has 0 saturated heterocycles. The summed E-state index contributed by atoms with van der Waals surface area (Å²) in [5, 5.41) is 15.9. The van der Waals surface area contributed by atoms with Crippen LogP contribution in [-0.4, -0.2) is 59.0 Å². The summed E-state index contributed by atoms with van der Waals surface area (Å²) >= 11 is 0. The highest BCUT2D eigenvalue weighted by Gasteiger charge is 2.41. The van der Waals surface area contributed by atoms with Gasteiger partial charge in [0.25, 0.3) is 0 Å². The van der Waals surface area contributed by atoms with Crippen molar-refractivity contribution >= 4 is 17.8 Å². The molecule has 1 fully saturated rings. The highest BCUT2D eigenvalue weighted by molar-refractivity contribution is 5.92. The predicted octanol–water partition coefficient (Wildman–Crippen LogP) is 3.73. The Morgan fingerprint density at radius 2 is 1.69 bits per heavy atom. The molecule has 0 aliphatic heterocycles. The quantitative estimate of drug-likeness (QED) is 0.371. The fourth-order valence-electron chi connectivity index (χ4n) is 4.66. The van der Waals surface area contributed by atoms with Gasteiger partial charge in [0.2, 0.25) is 11.8 Å². The molecule has 0 aromatic carbocycles. The molecule has 1 saturated carbocycles. The van der Waals surface area contributed by atoms with Crippen LogP contribution in [0.1, 0.15) is 86.5 Å². The van der Waals surface area contributed by atoms with E-state index in [4.69, 9.17) is 0 Å². The van der Waals surface area contributed by atoms with Crippen LogP contribution in [-0.2, 0) is 14.4 Å². The van der Waals surface area contributed by atoms with Crippen molar-refractivity contribution < 1.29 is 19.5 Å². The highest BCUT2D eigenvalue weighted by Crippen LogP contribution is 2.30. The molecule has 0 aromatic heterocycles. The van der Waals surface area contributed by atoms with Crippen LogP contribution < -0.4 is 10.6 Å². The molecule has 7 nitrogen and oxygen atoms in total. The van der Waals surface area contributed by atoms with E-state index < -0.39 is 17.6 Å². The van der Waals surface area contributed by atoms with E-state index in [9.17, 15) is 19.5 Å². The lowest BCUT2D eigenvalue weighted by atomic mass is 9.89. The second kappa shape index (κ2) is 13.0. The number of aliphatic carboxylic acids is 1. The molecule has 184 valence electrons. The molecule has 0 radical (unpaired) electrons. The summed E-state index contributed by atoms with van der Waals surface area (Å²) in [6, 6.07) is -0.963. The summed E-state index contributed by atoms with van der Waals surface area (Å²) in [5.74, 6) is -1.11. The summed E-state index contributed by atoms with van der Waals surface area (Å²) in [4.78, 5) is 40.1. The van der Waals surface area contributed by atoms with Crippen LogP contribution in [0.2, 0.25) is 0 Å². The summed E-state index contributed by atoms with van der Waals surface area (Å²) < 4.78 is 0. The van der Waals surface area contributed by atoms with Gasteiger partial charge in [0.15, 0.2) is 0 Å². The molecule has 1 rings (SSSR count). The maximum atomic E-state index is 13.7. The zero-order valence-corrected chi connectivity index (χ0v) is 21.2. The van der Waals surface area contributed by atoms with Crippen LogP contribution in [0.25, 0.3) is 0 Å². The van der Waals surface area contributed by atoms with Gasteiger partial charge < -0.3 is 20.6 Å². The minimum absolute atomic E-state index is 0.0368. The lowest BCUT2D eigenvalue weighted by molar-refractivity contribution is -0.140. The predicted molar refractivity (Wildman–Crippen MR) is 128 cm³/mol. The fraction of sp³-hybridized carbons (Fsp3) is 0.800. The van der Waals surface area contributed by atoms with Gasteiger partial charge in [-0.15, -0.1) is 0 Å². The van der Waals surface area contributed by atoms with E-state index in [0.717, 1.165) is 38.6 Å². The van der Waals surface area contributed by atoms with Gasteiger partial charge in [-0.1, -0.05) is 53.5 Å². The van der Waals surface area contributed by atoms with Crippen LogP contribution in [0.4, 0.5) is 0 Å². The van der Waals surface area contributed by atoms with Crippen molar-refractivity contribution in [1.29, 1.82) is 0 Å². The molecular formula is C25H45N3O4. The maximum absolute atomic E-state index is 13.7. The molecule has 0 bridgehead atoms. The van der Waals surface area contributed by atoms with Crippen molar-refractivity contribution in [2.45, 2.75) is 104 Å². The zero-order valence-electron chi connectivity index (χ0n) is 21.2. The molecule has 2 unspecified atom stereocenters. The van der Waals surface area contributed by atoms with E-state index in [1.54, 1.807) is 24.9 Å². The third kappa shape index (κ3) is 7.06. The standard InChI is InChI=1S/C25H45N3O4/c1-8-15-26-25(9-2,10-3)24(32)27-21(19-13-11-12-14-19)22(29)28(7)20(17(4)5)16-18(6)23(30)31/h16-17,19-21,26H,8-15H2,1-7H3,(H,27,32)(H,30,31)/b18-16+. The average molecular weight is 452 g/mol. The first-order valence-corrected chi connectivity index (χ1v) is 12.3. The van der Waals surface area contributed by atoms with E-state index in [-0.39, 0.29) is 35.3 Å². The topological polar surface area (TPSA) is 98.7 Å². The first kappa shape index (κ1) is 28.1.